The molecular formula is C10HF17. The lowest BCUT2D eigenvalue weighted by atomic mass is 9.69. The van der Waals surface area contributed by atoms with Crippen LogP contribution in [0.15, 0.2) is 11.6 Å². The lowest BCUT2D eigenvalue weighted by Crippen LogP contribution is -2.72. The second-order valence-electron chi connectivity index (χ2n) is 5.15. The summed E-state index contributed by atoms with van der Waals surface area (Å²) in [6.07, 6.45) is -26.8. The van der Waals surface area contributed by atoms with Crippen molar-refractivity contribution in [3.63, 3.8) is 0 Å². The molecule has 1 rings (SSSR count). The average molecular weight is 444 g/mol. The predicted octanol–water partition coefficient (Wildman–Crippen LogP) is 6.14. The van der Waals surface area contributed by atoms with Gasteiger partial charge in [-0.05, 0) is 6.08 Å². The molecule has 0 spiro atoms. The number of alkyl halides is 17. The minimum Gasteiger partial charge on any atom is -0.195 e. The van der Waals surface area contributed by atoms with Gasteiger partial charge in [-0.3, -0.25) is 0 Å². The molecule has 1 aliphatic rings. The van der Waals surface area contributed by atoms with Crippen molar-refractivity contribution in [1.29, 1.82) is 0 Å². The van der Waals surface area contributed by atoms with Crippen molar-refractivity contribution in [2.45, 2.75) is 42.2 Å². The van der Waals surface area contributed by atoms with Crippen LogP contribution in [0, 0.1) is 5.41 Å². The van der Waals surface area contributed by atoms with E-state index in [4.69, 9.17) is 0 Å². The Morgan fingerprint density at radius 1 is 0.519 bits per heavy atom. The molecule has 0 unspecified atom stereocenters. The molecule has 0 nitrogen and oxygen atoms in total. The summed E-state index contributed by atoms with van der Waals surface area (Å²) in [4.78, 5) is 0. The Morgan fingerprint density at radius 2 is 0.815 bits per heavy atom. The molecule has 0 fully saturated rings. The number of allylic oxidation sites excluding steroid dienone is 2. The van der Waals surface area contributed by atoms with Crippen molar-refractivity contribution in [2.75, 3.05) is 0 Å². The maximum atomic E-state index is 13.4. The third-order valence-corrected chi connectivity index (χ3v) is 3.55. The van der Waals surface area contributed by atoms with Gasteiger partial charge in [0.2, 0.25) is 0 Å². The van der Waals surface area contributed by atoms with Crippen LogP contribution >= 0.6 is 0 Å². The first kappa shape index (κ1) is 23.6. The van der Waals surface area contributed by atoms with Crippen molar-refractivity contribution >= 4 is 0 Å². The molecule has 0 saturated heterocycles. The van der Waals surface area contributed by atoms with Crippen molar-refractivity contribution in [3.05, 3.63) is 11.6 Å². The number of rotatable bonds is 1. The molecule has 0 atom stereocenters. The van der Waals surface area contributed by atoms with Gasteiger partial charge in [0.05, 0.1) is 0 Å². The van der Waals surface area contributed by atoms with Gasteiger partial charge >= 0.3 is 42.2 Å². The molecular weight excluding hydrogens is 443 g/mol. The number of hydrogen-bond acceptors (Lipinski definition) is 0. The molecule has 0 aromatic carbocycles. The van der Waals surface area contributed by atoms with E-state index in [1.165, 1.54) is 0 Å². The molecule has 0 heterocycles. The van der Waals surface area contributed by atoms with Crippen LogP contribution in [-0.4, -0.2) is 42.2 Å². The van der Waals surface area contributed by atoms with Gasteiger partial charge in [0.25, 0.3) is 5.41 Å². The summed E-state index contributed by atoms with van der Waals surface area (Å²) >= 11 is 0. The van der Waals surface area contributed by atoms with E-state index in [2.05, 4.69) is 0 Å². The van der Waals surface area contributed by atoms with E-state index in [0.717, 1.165) is 0 Å². The van der Waals surface area contributed by atoms with Crippen LogP contribution in [0.3, 0.4) is 0 Å². The molecule has 17 heteroatoms. The second kappa shape index (κ2) is 5.33. The van der Waals surface area contributed by atoms with Crippen molar-refractivity contribution < 1.29 is 74.6 Å². The lowest BCUT2D eigenvalue weighted by molar-refractivity contribution is -0.430. The van der Waals surface area contributed by atoms with Gasteiger partial charge in [0.15, 0.2) is 0 Å². The first-order valence-corrected chi connectivity index (χ1v) is 5.79. The summed E-state index contributed by atoms with van der Waals surface area (Å²) in [7, 11) is 0. The summed E-state index contributed by atoms with van der Waals surface area (Å²) in [5.74, 6) is -29.6. The van der Waals surface area contributed by atoms with Gasteiger partial charge in [-0.25, -0.2) is 0 Å². The summed E-state index contributed by atoms with van der Waals surface area (Å²) < 4.78 is 219. The summed E-state index contributed by atoms with van der Waals surface area (Å²) in [5.41, 5.74) is -13.0. The first-order chi connectivity index (χ1) is 11.3. The zero-order chi connectivity index (χ0) is 22.3. The fourth-order valence-corrected chi connectivity index (χ4v) is 2.22. The minimum absolute atomic E-state index is 2.77. The fourth-order valence-electron chi connectivity index (χ4n) is 2.22. The Kier molecular flexibility index (Phi) is 4.66. The Morgan fingerprint density at radius 3 is 1.07 bits per heavy atom. The van der Waals surface area contributed by atoms with E-state index in [1.807, 2.05) is 0 Å². The maximum Gasteiger partial charge on any atom is 0.416 e. The van der Waals surface area contributed by atoms with E-state index < -0.39 is 59.3 Å². The van der Waals surface area contributed by atoms with E-state index in [0.29, 0.717) is 0 Å². The summed E-state index contributed by atoms with van der Waals surface area (Å²) in [6.45, 7) is 0. The average Bonchev–Trinajstić information content (AvgIpc) is 2.30. The molecule has 0 N–H and O–H groups in total. The molecule has 0 aromatic rings. The van der Waals surface area contributed by atoms with Crippen LogP contribution in [0.5, 0.6) is 0 Å². The van der Waals surface area contributed by atoms with Gasteiger partial charge in [0, 0.05) is 5.57 Å². The zero-order valence-corrected chi connectivity index (χ0v) is 11.5. The van der Waals surface area contributed by atoms with Crippen molar-refractivity contribution in [3.8, 4) is 0 Å². The monoisotopic (exact) mass is 444 g/mol. The first-order valence-electron chi connectivity index (χ1n) is 5.79. The Hall–Kier alpha value is -1.45. The second-order valence-corrected chi connectivity index (χ2v) is 5.15. The van der Waals surface area contributed by atoms with Crippen LogP contribution in [0.25, 0.3) is 0 Å². The molecule has 0 saturated carbocycles. The highest BCUT2D eigenvalue weighted by Crippen LogP contribution is 2.71. The largest absolute Gasteiger partial charge is 0.416 e. The molecule has 1 aliphatic carbocycles. The Bertz CT molecular complexity index is 588. The Labute approximate surface area is 135 Å². The van der Waals surface area contributed by atoms with Crippen LogP contribution in [0.1, 0.15) is 0 Å². The number of halogens is 17. The third kappa shape index (κ3) is 2.58. The predicted molar refractivity (Wildman–Crippen MR) is 48.5 cm³/mol. The van der Waals surface area contributed by atoms with E-state index >= 15 is 0 Å². The van der Waals surface area contributed by atoms with Crippen molar-refractivity contribution in [1.82, 2.24) is 0 Å². The van der Waals surface area contributed by atoms with Crippen LogP contribution < -0.4 is 0 Å². The normalized spacial score (nSPS) is 25.1. The van der Waals surface area contributed by atoms with Gasteiger partial charge in [-0.15, -0.1) is 0 Å². The van der Waals surface area contributed by atoms with Gasteiger partial charge in [0.1, 0.15) is 0 Å². The van der Waals surface area contributed by atoms with Crippen LogP contribution in [-0.2, 0) is 0 Å². The molecule has 27 heavy (non-hydrogen) atoms. The van der Waals surface area contributed by atoms with E-state index in [9.17, 15) is 74.6 Å². The molecule has 0 bridgehead atoms. The highest BCUT2D eigenvalue weighted by molar-refractivity contribution is 5.40. The quantitative estimate of drug-likeness (QED) is 0.337. The molecule has 0 aromatic heterocycles. The highest BCUT2D eigenvalue weighted by Gasteiger charge is 2.94. The standard InChI is InChI=1S/C10HF17/c11-3(12)1-2(5(13,14)7(17,18)6(3,15)16)4(8(19,20)21,9(22,23)24)10(25,26)27/h1H. The number of hydrogen-bond donors (Lipinski definition) is 0. The molecule has 160 valence electrons. The van der Waals surface area contributed by atoms with Gasteiger partial charge < -0.3 is 0 Å². The Balaban J connectivity index is 4.25. The third-order valence-electron chi connectivity index (χ3n) is 3.55. The van der Waals surface area contributed by atoms with E-state index in [-0.39, 0.29) is 0 Å². The zero-order valence-electron chi connectivity index (χ0n) is 11.5. The van der Waals surface area contributed by atoms with E-state index in [1.54, 1.807) is 0 Å². The van der Waals surface area contributed by atoms with Crippen LogP contribution in [0.4, 0.5) is 74.6 Å². The smallest absolute Gasteiger partial charge is 0.195 e. The molecule has 0 radical (unpaired) electrons. The highest BCUT2D eigenvalue weighted by atomic mass is 19.4. The van der Waals surface area contributed by atoms with Crippen molar-refractivity contribution in [2.24, 2.45) is 5.41 Å². The molecule has 0 aliphatic heterocycles. The maximum absolute atomic E-state index is 13.4. The van der Waals surface area contributed by atoms with Gasteiger partial charge in [-0.2, -0.15) is 74.6 Å². The summed E-state index contributed by atoms with van der Waals surface area (Å²) in [5, 5.41) is 0. The topological polar surface area (TPSA) is 0 Å². The minimum atomic E-state index is -8.00. The van der Waals surface area contributed by atoms with Crippen LogP contribution in [0.2, 0.25) is 0 Å². The SMILES string of the molecule is FC(F)(F)C(C1=CC(F)(F)C(F)(F)C(F)(F)C1(F)F)(C(F)(F)F)C(F)(F)F. The van der Waals surface area contributed by atoms with Gasteiger partial charge in [-0.1, -0.05) is 0 Å². The summed E-state index contributed by atoms with van der Waals surface area (Å²) in [6, 6.07) is 0. The fraction of sp³-hybridized carbons (Fsp3) is 0.800. The lowest BCUT2D eigenvalue weighted by Gasteiger charge is -2.48. The molecule has 0 amide bonds.